The first-order valence-corrected chi connectivity index (χ1v) is 9.71. The van der Waals surface area contributed by atoms with Crippen molar-refractivity contribution in [1.29, 1.82) is 0 Å². The number of benzene rings is 1. The van der Waals surface area contributed by atoms with Crippen molar-refractivity contribution in [3.05, 3.63) is 32.4 Å². The van der Waals surface area contributed by atoms with Crippen LogP contribution in [0.5, 0.6) is 0 Å². The fraction of sp³-hybridized carbons (Fsp3) is 0.538. The first kappa shape index (κ1) is 17.2. The Kier molecular flexibility index (Phi) is 7.07. The molecule has 0 heterocycles. The zero-order valence-electron chi connectivity index (χ0n) is 11.1. The first-order valence-electron chi connectivity index (χ1n) is 6.19. The highest BCUT2D eigenvalue weighted by Gasteiger charge is 2.15. The summed E-state index contributed by atoms with van der Waals surface area (Å²) in [5.74, 6) is 0.228. The third-order valence-electron chi connectivity index (χ3n) is 2.79. The molecule has 0 amide bonds. The maximum atomic E-state index is 11.2. The van der Waals surface area contributed by atoms with Gasteiger partial charge in [-0.3, -0.25) is 0 Å². The molecule has 0 radical (unpaired) electrons. The molecular formula is C13H19ClINO2S. The molecule has 1 aromatic carbocycles. The number of halogens is 2. The van der Waals surface area contributed by atoms with Gasteiger partial charge in [-0.2, -0.15) is 0 Å². The van der Waals surface area contributed by atoms with Crippen LogP contribution >= 0.6 is 34.2 Å². The van der Waals surface area contributed by atoms with Gasteiger partial charge in [0.15, 0.2) is 0 Å². The highest BCUT2D eigenvalue weighted by atomic mass is 127. The van der Waals surface area contributed by atoms with Gasteiger partial charge in [0.05, 0.1) is 0 Å². The van der Waals surface area contributed by atoms with E-state index in [1.54, 1.807) is 0 Å². The second-order valence-corrected chi connectivity index (χ2v) is 8.41. The predicted molar refractivity (Wildman–Crippen MR) is 89.5 cm³/mol. The van der Waals surface area contributed by atoms with E-state index in [4.69, 9.17) is 11.6 Å². The summed E-state index contributed by atoms with van der Waals surface area (Å²) in [5, 5.41) is 4.10. The van der Waals surface area contributed by atoms with E-state index in [0.717, 1.165) is 22.1 Å². The van der Waals surface area contributed by atoms with Crippen molar-refractivity contribution in [1.82, 2.24) is 5.32 Å². The molecule has 0 saturated carbocycles. The Balaban J connectivity index is 2.79. The number of sulfone groups is 1. The third-order valence-corrected chi connectivity index (χ3v) is 5.04. The number of rotatable bonds is 7. The first-order chi connectivity index (χ1) is 8.83. The van der Waals surface area contributed by atoms with E-state index in [1.165, 1.54) is 6.26 Å². The largest absolute Gasteiger partial charge is 0.310 e. The maximum Gasteiger partial charge on any atom is 0.147 e. The number of hydrogen-bond acceptors (Lipinski definition) is 3. The molecule has 0 aliphatic carbocycles. The molecule has 108 valence electrons. The van der Waals surface area contributed by atoms with Crippen LogP contribution in [0.4, 0.5) is 0 Å². The van der Waals surface area contributed by atoms with Gasteiger partial charge < -0.3 is 5.32 Å². The van der Waals surface area contributed by atoms with Crippen molar-refractivity contribution < 1.29 is 8.42 Å². The van der Waals surface area contributed by atoms with Gasteiger partial charge >= 0.3 is 0 Å². The average molecular weight is 416 g/mol. The summed E-state index contributed by atoms with van der Waals surface area (Å²) in [4.78, 5) is 0. The summed E-state index contributed by atoms with van der Waals surface area (Å²) < 4.78 is 23.5. The summed E-state index contributed by atoms with van der Waals surface area (Å²) in [6.45, 7) is 2.88. The van der Waals surface area contributed by atoms with Crippen molar-refractivity contribution in [2.24, 2.45) is 0 Å². The van der Waals surface area contributed by atoms with Gasteiger partial charge in [0, 0.05) is 26.6 Å². The van der Waals surface area contributed by atoms with Crippen molar-refractivity contribution in [2.45, 2.75) is 25.8 Å². The lowest BCUT2D eigenvalue weighted by Crippen LogP contribution is -2.22. The van der Waals surface area contributed by atoms with Gasteiger partial charge in [-0.05, 0) is 65.7 Å². The third kappa shape index (κ3) is 6.42. The van der Waals surface area contributed by atoms with Gasteiger partial charge in [-0.1, -0.05) is 18.5 Å². The Morgan fingerprint density at radius 2 is 2.11 bits per heavy atom. The predicted octanol–water partition coefficient (Wildman–Crippen LogP) is 3.42. The van der Waals surface area contributed by atoms with Crippen LogP contribution in [0.15, 0.2) is 18.2 Å². The van der Waals surface area contributed by atoms with Gasteiger partial charge in [0.25, 0.3) is 0 Å². The quantitative estimate of drug-likeness (QED) is 0.694. The Morgan fingerprint density at radius 3 is 2.68 bits per heavy atom. The lowest BCUT2D eigenvalue weighted by atomic mass is 10.0. The van der Waals surface area contributed by atoms with Crippen LogP contribution in [0, 0.1) is 3.57 Å². The van der Waals surface area contributed by atoms with Gasteiger partial charge in [-0.15, -0.1) is 0 Å². The van der Waals surface area contributed by atoms with Crippen LogP contribution < -0.4 is 5.32 Å². The van der Waals surface area contributed by atoms with Crippen LogP contribution in [-0.2, 0) is 9.84 Å². The second-order valence-electron chi connectivity index (χ2n) is 4.55. The van der Waals surface area contributed by atoms with Crippen molar-refractivity contribution >= 4 is 44.0 Å². The molecule has 0 aliphatic rings. The van der Waals surface area contributed by atoms with E-state index in [9.17, 15) is 8.42 Å². The van der Waals surface area contributed by atoms with E-state index < -0.39 is 9.84 Å². The van der Waals surface area contributed by atoms with Crippen molar-refractivity contribution in [3.63, 3.8) is 0 Å². The second kappa shape index (κ2) is 7.81. The summed E-state index contributed by atoms with van der Waals surface area (Å²) >= 11 is 8.32. The molecule has 1 atom stereocenters. The lowest BCUT2D eigenvalue weighted by Gasteiger charge is -2.20. The molecule has 6 heteroatoms. The van der Waals surface area contributed by atoms with E-state index in [2.05, 4.69) is 27.9 Å². The topological polar surface area (TPSA) is 46.2 Å². The molecule has 3 nitrogen and oxygen atoms in total. The number of hydrogen-bond donors (Lipinski definition) is 1. The Bertz CT molecular complexity index is 519. The smallest absolute Gasteiger partial charge is 0.147 e. The fourth-order valence-corrected chi connectivity index (χ4v) is 3.53. The van der Waals surface area contributed by atoms with Crippen LogP contribution in [0.1, 0.15) is 31.4 Å². The standard InChI is InChI=1S/C13H19ClINO2S/c1-3-16-13(5-4-8-19(2,17)18)11-9-10(14)6-7-12(11)15/h6-7,9,13,16H,3-5,8H2,1-2H3. The minimum Gasteiger partial charge on any atom is -0.310 e. The Hall–Kier alpha value is 0.150. The Morgan fingerprint density at radius 1 is 1.42 bits per heavy atom. The van der Waals surface area contributed by atoms with Crippen LogP contribution in [0.25, 0.3) is 0 Å². The summed E-state index contributed by atoms with van der Waals surface area (Å²) in [6.07, 6.45) is 2.72. The van der Waals surface area contributed by atoms with Gasteiger partial charge in [0.2, 0.25) is 0 Å². The minimum absolute atomic E-state index is 0.150. The summed E-state index contributed by atoms with van der Waals surface area (Å²) in [7, 11) is -2.89. The molecule has 1 rings (SSSR count). The van der Waals surface area contributed by atoms with Gasteiger partial charge in [0.1, 0.15) is 9.84 Å². The fourth-order valence-electron chi connectivity index (χ4n) is 1.95. The van der Waals surface area contributed by atoms with Crippen LogP contribution in [-0.4, -0.2) is 27.0 Å². The molecule has 19 heavy (non-hydrogen) atoms. The zero-order valence-corrected chi connectivity index (χ0v) is 14.8. The van der Waals surface area contributed by atoms with E-state index >= 15 is 0 Å². The summed E-state index contributed by atoms with van der Waals surface area (Å²) in [5.41, 5.74) is 1.14. The molecule has 1 aromatic rings. The normalized spacial score (nSPS) is 13.5. The Labute approximate surface area is 134 Å². The highest BCUT2D eigenvalue weighted by molar-refractivity contribution is 14.1. The zero-order chi connectivity index (χ0) is 14.5. The number of nitrogens with one attached hydrogen (secondary N) is 1. The monoisotopic (exact) mass is 415 g/mol. The van der Waals surface area contributed by atoms with Gasteiger partial charge in [-0.25, -0.2) is 8.42 Å². The van der Waals surface area contributed by atoms with Crippen molar-refractivity contribution in [2.75, 3.05) is 18.6 Å². The molecule has 0 aromatic heterocycles. The van der Waals surface area contributed by atoms with E-state index in [-0.39, 0.29) is 11.8 Å². The average Bonchev–Trinajstić information content (AvgIpc) is 2.30. The molecule has 1 N–H and O–H groups in total. The molecule has 0 bridgehead atoms. The molecular weight excluding hydrogens is 397 g/mol. The molecule has 1 unspecified atom stereocenters. The van der Waals surface area contributed by atoms with Crippen LogP contribution in [0.2, 0.25) is 5.02 Å². The van der Waals surface area contributed by atoms with Crippen LogP contribution in [0.3, 0.4) is 0 Å². The van der Waals surface area contributed by atoms with E-state index in [0.29, 0.717) is 11.4 Å². The minimum atomic E-state index is -2.89. The SMILES string of the molecule is CCNC(CCCS(C)(=O)=O)c1cc(Cl)ccc1I. The summed E-state index contributed by atoms with van der Waals surface area (Å²) in [6, 6.07) is 5.96. The maximum absolute atomic E-state index is 11.2. The molecule has 0 aliphatic heterocycles. The lowest BCUT2D eigenvalue weighted by molar-refractivity contribution is 0.505. The van der Waals surface area contributed by atoms with E-state index in [1.807, 2.05) is 25.1 Å². The highest BCUT2D eigenvalue weighted by Crippen LogP contribution is 2.27. The van der Waals surface area contributed by atoms with Crippen molar-refractivity contribution in [3.8, 4) is 0 Å². The molecule has 0 spiro atoms. The molecule has 0 fully saturated rings. The molecule has 0 saturated heterocycles.